The number of carbonyl (C=O) groups excluding carboxylic acids is 1. The normalized spacial score (nSPS) is 14.7. The van der Waals surface area contributed by atoms with Gasteiger partial charge in [0.25, 0.3) is 0 Å². The van der Waals surface area contributed by atoms with Crippen LogP contribution in [0.3, 0.4) is 0 Å². The molecule has 0 radical (unpaired) electrons. The van der Waals surface area contributed by atoms with Gasteiger partial charge >= 0.3 is 6.09 Å². The Balaban J connectivity index is 1.19. The highest BCUT2D eigenvalue weighted by molar-refractivity contribution is 5.88. The van der Waals surface area contributed by atoms with Crippen LogP contribution in [-0.2, 0) is 11.3 Å². The van der Waals surface area contributed by atoms with E-state index in [-0.39, 0.29) is 12.7 Å². The Morgan fingerprint density at radius 3 is 2.34 bits per heavy atom. The highest BCUT2D eigenvalue weighted by atomic mass is 16.6. The molecule has 5 nitrogen and oxygen atoms in total. The molecule has 3 aromatic rings. The van der Waals surface area contributed by atoms with E-state index in [1.54, 1.807) is 4.90 Å². The molecule has 0 spiro atoms. The summed E-state index contributed by atoms with van der Waals surface area (Å²) in [5.41, 5.74) is 1.30. The quantitative estimate of drug-likeness (QED) is 0.593. The van der Waals surface area contributed by atoms with E-state index in [2.05, 4.69) is 41.3 Å². The van der Waals surface area contributed by atoms with E-state index in [4.69, 9.17) is 9.47 Å². The van der Waals surface area contributed by atoms with E-state index < -0.39 is 0 Å². The fraction of sp³-hybridized carbons (Fsp3) is 0.292. The van der Waals surface area contributed by atoms with Gasteiger partial charge in [0.2, 0.25) is 0 Å². The number of piperazine rings is 1. The van der Waals surface area contributed by atoms with Crippen molar-refractivity contribution in [3.63, 3.8) is 0 Å². The third-order valence-corrected chi connectivity index (χ3v) is 5.20. The fourth-order valence-corrected chi connectivity index (χ4v) is 3.62. The van der Waals surface area contributed by atoms with Gasteiger partial charge in [-0.25, -0.2) is 4.79 Å². The molecule has 1 aliphatic heterocycles. The van der Waals surface area contributed by atoms with E-state index >= 15 is 0 Å². The summed E-state index contributed by atoms with van der Waals surface area (Å²) < 4.78 is 11.2. The summed E-state index contributed by atoms with van der Waals surface area (Å²) in [5, 5.41) is 2.20. The van der Waals surface area contributed by atoms with Crippen molar-refractivity contribution in [3.05, 3.63) is 78.4 Å². The number of ether oxygens (including phenoxy) is 2. The standard InChI is InChI=1S/C24H26N2O3/c27-24(26-15-13-25(14-16-26)19-20-7-2-1-3-8-20)29-18-17-28-23-12-6-10-21-9-4-5-11-22(21)23/h1-12H,13-19H2. The van der Waals surface area contributed by atoms with Gasteiger partial charge in [-0.1, -0.05) is 66.7 Å². The number of hydrogen-bond donors (Lipinski definition) is 0. The van der Waals surface area contributed by atoms with E-state index in [1.807, 2.05) is 36.4 Å². The van der Waals surface area contributed by atoms with Crippen LogP contribution in [0.1, 0.15) is 5.56 Å². The van der Waals surface area contributed by atoms with Crippen molar-refractivity contribution in [2.75, 3.05) is 39.4 Å². The third-order valence-electron chi connectivity index (χ3n) is 5.20. The number of hydrogen-bond acceptors (Lipinski definition) is 4. The van der Waals surface area contributed by atoms with Crippen molar-refractivity contribution in [1.29, 1.82) is 0 Å². The lowest BCUT2D eigenvalue weighted by Crippen LogP contribution is -2.48. The molecule has 1 amide bonds. The number of nitrogens with zero attached hydrogens (tertiary/aromatic N) is 2. The zero-order valence-corrected chi connectivity index (χ0v) is 16.5. The fourth-order valence-electron chi connectivity index (χ4n) is 3.62. The number of fused-ring (bicyclic) bond motifs is 1. The summed E-state index contributed by atoms with van der Waals surface area (Å²) in [7, 11) is 0. The van der Waals surface area contributed by atoms with Crippen LogP contribution in [-0.4, -0.2) is 55.3 Å². The van der Waals surface area contributed by atoms with Gasteiger partial charge in [0, 0.05) is 38.1 Å². The number of benzene rings is 3. The molecular weight excluding hydrogens is 364 g/mol. The van der Waals surface area contributed by atoms with Crippen molar-refractivity contribution < 1.29 is 14.3 Å². The van der Waals surface area contributed by atoms with E-state index in [0.717, 1.165) is 36.2 Å². The molecule has 5 heteroatoms. The molecule has 0 bridgehead atoms. The van der Waals surface area contributed by atoms with Crippen LogP contribution in [0.2, 0.25) is 0 Å². The molecule has 0 N–H and O–H groups in total. The largest absolute Gasteiger partial charge is 0.489 e. The topological polar surface area (TPSA) is 42.0 Å². The van der Waals surface area contributed by atoms with E-state index in [0.29, 0.717) is 19.7 Å². The molecular formula is C24H26N2O3. The van der Waals surface area contributed by atoms with Gasteiger partial charge in [-0.05, 0) is 17.0 Å². The van der Waals surface area contributed by atoms with Crippen molar-refractivity contribution >= 4 is 16.9 Å². The SMILES string of the molecule is O=C(OCCOc1cccc2ccccc12)N1CCN(Cc2ccccc2)CC1. The van der Waals surface area contributed by atoms with Crippen molar-refractivity contribution in [3.8, 4) is 5.75 Å². The number of carbonyl (C=O) groups is 1. The maximum atomic E-state index is 12.3. The van der Waals surface area contributed by atoms with Crippen LogP contribution >= 0.6 is 0 Å². The molecule has 0 unspecified atom stereocenters. The maximum Gasteiger partial charge on any atom is 0.409 e. The second-order valence-corrected chi connectivity index (χ2v) is 7.19. The van der Waals surface area contributed by atoms with Crippen LogP contribution in [0.15, 0.2) is 72.8 Å². The molecule has 4 rings (SSSR count). The number of rotatable bonds is 6. The first-order valence-corrected chi connectivity index (χ1v) is 10.1. The van der Waals surface area contributed by atoms with E-state index in [9.17, 15) is 4.79 Å². The van der Waals surface area contributed by atoms with Gasteiger partial charge in [0.15, 0.2) is 0 Å². The average Bonchev–Trinajstić information content (AvgIpc) is 2.78. The lowest BCUT2D eigenvalue weighted by molar-refractivity contribution is 0.0658. The summed E-state index contributed by atoms with van der Waals surface area (Å²) in [6.07, 6.45) is -0.258. The van der Waals surface area contributed by atoms with E-state index in [1.165, 1.54) is 5.56 Å². The predicted molar refractivity (Wildman–Crippen MR) is 114 cm³/mol. The summed E-state index contributed by atoms with van der Waals surface area (Å²) >= 11 is 0. The van der Waals surface area contributed by atoms with Gasteiger partial charge in [0.1, 0.15) is 19.0 Å². The summed E-state index contributed by atoms with van der Waals surface area (Å²) in [6.45, 7) is 4.60. The molecule has 1 saturated heterocycles. The van der Waals surface area contributed by atoms with Gasteiger partial charge in [-0.15, -0.1) is 0 Å². The molecule has 150 valence electrons. The summed E-state index contributed by atoms with van der Waals surface area (Å²) in [4.78, 5) is 16.5. The predicted octanol–water partition coefficient (Wildman–Crippen LogP) is 4.17. The molecule has 1 fully saturated rings. The third kappa shape index (κ3) is 5.06. The Hall–Kier alpha value is -3.05. The lowest BCUT2D eigenvalue weighted by Gasteiger charge is -2.34. The van der Waals surface area contributed by atoms with Gasteiger partial charge in [-0.2, -0.15) is 0 Å². The zero-order chi connectivity index (χ0) is 19.9. The molecule has 0 aliphatic carbocycles. The van der Waals surface area contributed by atoms with Gasteiger partial charge < -0.3 is 14.4 Å². The minimum Gasteiger partial charge on any atom is -0.489 e. The summed E-state index contributed by atoms with van der Waals surface area (Å²) in [6, 6.07) is 24.5. The Morgan fingerprint density at radius 2 is 1.52 bits per heavy atom. The molecule has 3 aromatic carbocycles. The van der Waals surface area contributed by atoms with Gasteiger partial charge in [0.05, 0.1) is 0 Å². The van der Waals surface area contributed by atoms with Crippen LogP contribution in [0.25, 0.3) is 10.8 Å². The van der Waals surface area contributed by atoms with Crippen molar-refractivity contribution in [2.24, 2.45) is 0 Å². The molecule has 0 atom stereocenters. The summed E-state index contributed by atoms with van der Waals surface area (Å²) in [5.74, 6) is 0.814. The Morgan fingerprint density at radius 1 is 0.793 bits per heavy atom. The van der Waals surface area contributed by atoms with Crippen LogP contribution in [0, 0.1) is 0 Å². The molecule has 0 aromatic heterocycles. The minimum atomic E-state index is -0.258. The van der Waals surface area contributed by atoms with Crippen LogP contribution < -0.4 is 4.74 Å². The monoisotopic (exact) mass is 390 g/mol. The minimum absolute atomic E-state index is 0.242. The first-order valence-electron chi connectivity index (χ1n) is 10.1. The molecule has 1 heterocycles. The Bertz CT molecular complexity index is 932. The average molecular weight is 390 g/mol. The van der Waals surface area contributed by atoms with Crippen LogP contribution in [0.5, 0.6) is 5.75 Å². The number of amides is 1. The van der Waals surface area contributed by atoms with Crippen molar-refractivity contribution in [2.45, 2.75) is 6.54 Å². The first-order chi connectivity index (χ1) is 14.3. The maximum absolute atomic E-state index is 12.3. The molecule has 0 saturated carbocycles. The Labute approximate surface area is 171 Å². The molecule has 1 aliphatic rings. The van der Waals surface area contributed by atoms with Crippen LogP contribution in [0.4, 0.5) is 4.79 Å². The first kappa shape index (κ1) is 19.3. The second kappa shape index (κ2) is 9.43. The molecule has 29 heavy (non-hydrogen) atoms. The zero-order valence-electron chi connectivity index (χ0n) is 16.5. The highest BCUT2D eigenvalue weighted by Crippen LogP contribution is 2.25. The second-order valence-electron chi connectivity index (χ2n) is 7.19. The van der Waals surface area contributed by atoms with Crippen molar-refractivity contribution in [1.82, 2.24) is 9.80 Å². The van der Waals surface area contributed by atoms with Gasteiger partial charge in [-0.3, -0.25) is 4.90 Å². The highest BCUT2D eigenvalue weighted by Gasteiger charge is 2.22. The lowest BCUT2D eigenvalue weighted by atomic mass is 10.1. The Kier molecular flexibility index (Phi) is 6.27. The smallest absolute Gasteiger partial charge is 0.409 e.